The van der Waals surface area contributed by atoms with Gasteiger partial charge in [-0.15, -0.1) is 0 Å². The van der Waals surface area contributed by atoms with Crippen molar-refractivity contribution in [1.82, 2.24) is 19.1 Å². The van der Waals surface area contributed by atoms with Crippen molar-refractivity contribution in [3.8, 4) is 0 Å². The first-order valence-corrected chi connectivity index (χ1v) is 11.4. The summed E-state index contributed by atoms with van der Waals surface area (Å²) in [6.07, 6.45) is 1.66. The molecule has 170 valence electrons. The molecule has 4 rings (SSSR count). The summed E-state index contributed by atoms with van der Waals surface area (Å²) >= 11 is 6.16. The van der Waals surface area contributed by atoms with E-state index in [-0.39, 0.29) is 18.0 Å². The second kappa shape index (κ2) is 9.63. The Bertz CT molecular complexity index is 1360. The number of hydrogen-bond donors (Lipinski definition) is 0. The summed E-state index contributed by atoms with van der Waals surface area (Å²) in [6, 6.07) is 18.4. The summed E-state index contributed by atoms with van der Waals surface area (Å²) < 4.78 is 3.45. The van der Waals surface area contributed by atoms with Crippen LogP contribution in [0.4, 0.5) is 0 Å². The van der Waals surface area contributed by atoms with Crippen molar-refractivity contribution in [3.05, 3.63) is 104 Å². The average Bonchev–Trinajstić information content (AvgIpc) is 3.16. The van der Waals surface area contributed by atoms with Crippen LogP contribution in [0.5, 0.6) is 0 Å². The molecular formula is C26H27ClN4O2. The third-order valence-corrected chi connectivity index (χ3v) is 6.08. The number of fused-ring (bicyclic) bond motifs is 1. The first-order valence-electron chi connectivity index (χ1n) is 11.0. The third kappa shape index (κ3) is 4.71. The Morgan fingerprint density at radius 3 is 2.52 bits per heavy atom. The van der Waals surface area contributed by atoms with Crippen LogP contribution in [0.3, 0.4) is 0 Å². The molecule has 0 spiro atoms. The molecule has 0 atom stereocenters. The molecule has 0 aliphatic carbocycles. The maximum atomic E-state index is 13.5. The molecule has 1 amide bonds. The Morgan fingerprint density at radius 1 is 1.06 bits per heavy atom. The van der Waals surface area contributed by atoms with Gasteiger partial charge in [0, 0.05) is 41.5 Å². The fourth-order valence-corrected chi connectivity index (χ4v) is 4.30. The van der Waals surface area contributed by atoms with Crippen LogP contribution in [-0.2, 0) is 26.6 Å². The van der Waals surface area contributed by atoms with E-state index in [1.165, 1.54) is 4.52 Å². The lowest BCUT2D eigenvalue weighted by molar-refractivity contribution is 0.0727. The number of carbonyl (C=O) groups is 1. The normalized spacial score (nSPS) is 11.2. The highest BCUT2D eigenvalue weighted by molar-refractivity contribution is 6.30. The number of rotatable bonds is 7. The van der Waals surface area contributed by atoms with Crippen LogP contribution >= 0.6 is 11.6 Å². The lowest BCUT2D eigenvalue weighted by Crippen LogP contribution is -2.30. The van der Waals surface area contributed by atoms with Crippen LogP contribution in [0.25, 0.3) is 5.65 Å². The van der Waals surface area contributed by atoms with Gasteiger partial charge in [0.1, 0.15) is 5.65 Å². The highest BCUT2D eigenvalue weighted by atomic mass is 35.5. The minimum atomic E-state index is -0.167. The summed E-state index contributed by atoms with van der Waals surface area (Å²) in [5, 5.41) is 5.18. The van der Waals surface area contributed by atoms with Crippen LogP contribution in [0.1, 0.15) is 46.2 Å². The van der Waals surface area contributed by atoms with Gasteiger partial charge in [0.15, 0.2) is 0 Å². The number of carbonyl (C=O) groups excluding carboxylic acids is 1. The minimum Gasteiger partial charge on any atom is -0.333 e. The van der Waals surface area contributed by atoms with Crippen molar-refractivity contribution >= 4 is 23.2 Å². The van der Waals surface area contributed by atoms with E-state index in [1.54, 1.807) is 35.2 Å². The summed E-state index contributed by atoms with van der Waals surface area (Å²) in [7, 11) is 1.94. The van der Waals surface area contributed by atoms with Gasteiger partial charge in [-0.2, -0.15) is 9.61 Å². The number of halogens is 1. The maximum Gasteiger partial charge on any atom is 0.274 e. The smallest absolute Gasteiger partial charge is 0.274 e. The molecule has 2 aromatic heterocycles. The lowest BCUT2D eigenvalue weighted by atomic mass is 10.1. The quantitative estimate of drug-likeness (QED) is 0.396. The van der Waals surface area contributed by atoms with Gasteiger partial charge in [0.25, 0.3) is 11.5 Å². The molecule has 7 heteroatoms. The number of aryl methyl sites for hydroxylation is 3. The van der Waals surface area contributed by atoms with Crippen molar-refractivity contribution in [3.63, 3.8) is 0 Å². The second-order valence-corrected chi connectivity index (χ2v) is 8.69. The fraction of sp³-hybridized carbons (Fsp3) is 0.269. The van der Waals surface area contributed by atoms with E-state index >= 15 is 0 Å². The van der Waals surface area contributed by atoms with E-state index in [2.05, 4.69) is 12.0 Å². The standard InChI is InChI=1S/C26H27ClN4O2/c1-4-9-22-23(28-31-24(32)14-18(2)29(3)25(22)31)17-30(16-19-10-6-5-7-11-19)26(33)20-12-8-13-21(27)15-20/h5-8,10-15H,4,9,16-17H2,1-3H3. The van der Waals surface area contributed by atoms with Crippen molar-refractivity contribution in [2.24, 2.45) is 7.05 Å². The van der Waals surface area contributed by atoms with Gasteiger partial charge < -0.3 is 9.47 Å². The molecule has 0 fully saturated rings. The van der Waals surface area contributed by atoms with Gasteiger partial charge in [0.05, 0.1) is 12.2 Å². The Kier molecular flexibility index (Phi) is 6.65. The molecule has 0 bridgehead atoms. The van der Waals surface area contributed by atoms with Crippen molar-refractivity contribution in [1.29, 1.82) is 0 Å². The van der Waals surface area contributed by atoms with Crippen molar-refractivity contribution in [2.75, 3.05) is 0 Å². The Balaban J connectivity index is 1.81. The third-order valence-electron chi connectivity index (χ3n) is 5.84. The molecule has 0 radical (unpaired) electrons. The van der Waals surface area contributed by atoms with Crippen LogP contribution in [0.15, 0.2) is 65.5 Å². The molecule has 4 aromatic rings. The first-order chi connectivity index (χ1) is 15.9. The van der Waals surface area contributed by atoms with Crippen LogP contribution < -0.4 is 5.56 Å². The zero-order valence-electron chi connectivity index (χ0n) is 19.1. The van der Waals surface area contributed by atoms with E-state index in [9.17, 15) is 9.59 Å². The van der Waals surface area contributed by atoms with Gasteiger partial charge >= 0.3 is 0 Å². The molecule has 33 heavy (non-hydrogen) atoms. The molecule has 0 saturated carbocycles. The Labute approximate surface area is 198 Å². The van der Waals surface area contributed by atoms with Crippen LogP contribution in [0, 0.1) is 6.92 Å². The van der Waals surface area contributed by atoms with Crippen molar-refractivity contribution in [2.45, 2.75) is 39.8 Å². The summed E-state index contributed by atoms with van der Waals surface area (Å²) in [4.78, 5) is 28.0. The molecule has 6 nitrogen and oxygen atoms in total. The molecule has 0 aliphatic rings. The SMILES string of the molecule is CCCc1c(CN(Cc2ccccc2)C(=O)c2cccc(Cl)c2)nn2c(=O)cc(C)n(C)c12. The van der Waals surface area contributed by atoms with Crippen LogP contribution in [0.2, 0.25) is 5.02 Å². The highest BCUT2D eigenvalue weighted by Crippen LogP contribution is 2.22. The van der Waals surface area contributed by atoms with Gasteiger partial charge in [-0.25, -0.2) is 0 Å². The summed E-state index contributed by atoms with van der Waals surface area (Å²) in [5.74, 6) is -0.135. The van der Waals surface area contributed by atoms with E-state index in [0.29, 0.717) is 17.1 Å². The molecule has 0 N–H and O–H groups in total. The maximum absolute atomic E-state index is 13.5. The predicted octanol–water partition coefficient (Wildman–Crippen LogP) is 4.79. The molecular weight excluding hydrogens is 436 g/mol. The van der Waals surface area contributed by atoms with E-state index in [4.69, 9.17) is 11.6 Å². The number of nitrogens with zero attached hydrogens (tertiary/aromatic N) is 4. The highest BCUT2D eigenvalue weighted by Gasteiger charge is 2.23. The minimum absolute atomic E-state index is 0.135. The number of hydrogen-bond acceptors (Lipinski definition) is 3. The zero-order chi connectivity index (χ0) is 23.5. The number of aromatic nitrogens is 3. The Morgan fingerprint density at radius 2 is 1.82 bits per heavy atom. The topological polar surface area (TPSA) is 59.6 Å². The summed E-state index contributed by atoms with van der Waals surface area (Å²) in [5.41, 5.74) is 4.75. The predicted molar refractivity (Wildman–Crippen MR) is 131 cm³/mol. The molecule has 0 saturated heterocycles. The van der Waals surface area contributed by atoms with Gasteiger partial charge in [-0.1, -0.05) is 61.3 Å². The van der Waals surface area contributed by atoms with E-state index < -0.39 is 0 Å². The average molecular weight is 463 g/mol. The van der Waals surface area contributed by atoms with E-state index in [1.807, 2.05) is 48.9 Å². The zero-order valence-corrected chi connectivity index (χ0v) is 19.8. The monoisotopic (exact) mass is 462 g/mol. The second-order valence-electron chi connectivity index (χ2n) is 8.25. The van der Waals surface area contributed by atoms with Gasteiger partial charge in [-0.3, -0.25) is 9.59 Å². The van der Waals surface area contributed by atoms with Gasteiger partial charge in [-0.05, 0) is 37.1 Å². The molecule has 0 unspecified atom stereocenters. The molecule has 0 aliphatic heterocycles. The number of benzene rings is 2. The van der Waals surface area contributed by atoms with E-state index in [0.717, 1.165) is 41.0 Å². The summed E-state index contributed by atoms with van der Waals surface area (Å²) in [6.45, 7) is 4.71. The lowest BCUT2D eigenvalue weighted by Gasteiger charge is -2.23. The molecule has 2 aromatic carbocycles. The largest absolute Gasteiger partial charge is 0.333 e. The Hall–Kier alpha value is -3.38. The number of amides is 1. The van der Waals surface area contributed by atoms with Crippen LogP contribution in [-0.4, -0.2) is 25.0 Å². The van der Waals surface area contributed by atoms with Crippen molar-refractivity contribution < 1.29 is 4.79 Å². The first kappa shape index (κ1) is 22.8. The fourth-order valence-electron chi connectivity index (χ4n) is 4.11. The van der Waals surface area contributed by atoms with Gasteiger partial charge in [0.2, 0.25) is 0 Å². The molecule has 2 heterocycles.